The SMILES string of the molecule is CC(C)C(O)CNC(=O)c1ccc2nc[nH]c2c1. The fourth-order valence-electron chi connectivity index (χ4n) is 1.61. The molecule has 3 N–H and O–H groups in total. The summed E-state index contributed by atoms with van der Waals surface area (Å²) in [4.78, 5) is 18.9. The van der Waals surface area contributed by atoms with E-state index in [9.17, 15) is 9.90 Å². The van der Waals surface area contributed by atoms with E-state index in [1.165, 1.54) is 0 Å². The molecule has 1 atom stereocenters. The maximum absolute atomic E-state index is 11.9. The van der Waals surface area contributed by atoms with Gasteiger partial charge < -0.3 is 15.4 Å². The Morgan fingerprint density at radius 2 is 2.28 bits per heavy atom. The van der Waals surface area contributed by atoms with Crippen LogP contribution in [0.2, 0.25) is 0 Å². The first-order valence-electron chi connectivity index (χ1n) is 5.97. The van der Waals surface area contributed by atoms with E-state index in [0.29, 0.717) is 5.56 Å². The number of hydrogen-bond acceptors (Lipinski definition) is 3. The van der Waals surface area contributed by atoms with Gasteiger partial charge in [0.15, 0.2) is 0 Å². The molecule has 1 heterocycles. The van der Waals surface area contributed by atoms with Crippen molar-refractivity contribution in [1.82, 2.24) is 15.3 Å². The fraction of sp³-hybridized carbons (Fsp3) is 0.385. The van der Waals surface area contributed by atoms with Crippen LogP contribution in [0.1, 0.15) is 24.2 Å². The Kier molecular flexibility index (Phi) is 3.62. The van der Waals surface area contributed by atoms with Crippen LogP contribution < -0.4 is 5.32 Å². The first-order valence-corrected chi connectivity index (χ1v) is 5.97. The van der Waals surface area contributed by atoms with Crippen LogP contribution in [-0.2, 0) is 0 Å². The van der Waals surface area contributed by atoms with Crippen molar-refractivity contribution in [3.8, 4) is 0 Å². The minimum absolute atomic E-state index is 0.125. The number of carbonyl (C=O) groups excluding carboxylic acids is 1. The first-order chi connectivity index (χ1) is 8.58. The quantitative estimate of drug-likeness (QED) is 0.762. The van der Waals surface area contributed by atoms with Crippen LogP contribution in [0, 0.1) is 5.92 Å². The topological polar surface area (TPSA) is 78.0 Å². The van der Waals surface area contributed by atoms with Gasteiger partial charge in [0, 0.05) is 12.1 Å². The predicted molar refractivity (Wildman–Crippen MR) is 69.3 cm³/mol. The van der Waals surface area contributed by atoms with Crippen molar-refractivity contribution in [2.45, 2.75) is 20.0 Å². The Morgan fingerprint density at radius 1 is 1.50 bits per heavy atom. The van der Waals surface area contributed by atoms with Gasteiger partial charge in [-0.25, -0.2) is 4.98 Å². The highest BCUT2D eigenvalue weighted by Crippen LogP contribution is 2.11. The third kappa shape index (κ3) is 2.68. The molecule has 0 aliphatic rings. The molecule has 5 nitrogen and oxygen atoms in total. The third-order valence-corrected chi connectivity index (χ3v) is 2.92. The number of benzene rings is 1. The molecule has 1 unspecified atom stereocenters. The van der Waals surface area contributed by atoms with Crippen LogP contribution in [0.15, 0.2) is 24.5 Å². The number of fused-ring (bicyclic) bond motifs is 1. The van der Waals surface area contributed by atoms with Crippen LogP contribution in [-0.4, -0.2) is 33.6 Å². The number of H-pyrrole nitrogens is 1. The Hall–Kier alpha value is -1.88. The van der Waals surface area contributed by atoms with E-state index in [-0.39, 0.29) is 18.4 Å². The Balaban J connectivity index is 2.04. The minimum atomic E-state index is -0.523. The summed E-state index contributed by atoms with van der Waals surface area (Å²) in [6.07, 6.45) is 1.07. The average molecular weight is 247 g/mol. The molecule has 0 radical (unpaired) electrons. The lowest BCUT2D eigenvalue weighted by atomic mass is 10.1. The van der Waals surface area contributed by atoms with E-state index in [1.54, 1.807) is 24.5 Å². The van der Waals surface area contributed by atoms with Crippen molar-refractivity contribution < 1.29 is 9.90 Å². The van der Waals surface area contributed by atoms with Crippen molar-refractivity contribution in [2.24, 2.45) is 5.92 Å². The van der Waals surface area contributed by atoms with E-state index < -0.39 is 6.10 Å². The molecular formula is C13H17N3O2. The number of carbonyl (C=O) groups is 1. The van der Waals surface area contributed by atoms with E-state index in [1.807, 2.05) is 13.8 Å². The van der Waals surface area contributed by atoms with Crippen molar-refractivity contribution in [3.63, 3.8) is 0 Å². The number of rotatable bonds is 4. The number of aliphatic hydroxyl groups is 1. The molecule has 0 saturated carbocycles. The molecule has 0 spiro atoms. The highest BCUT2D eigenvalue weighted by atomic mass is 16.3. The van der Waals surface area contributed by atoms with Gasteiger partial charge in [-0.15, -0.1) is 0 Å². The fourth-order valence-corrected chi connectivity index (χ4v) is 1.61. The zero-order valence-electron chi connectivity index (χ0n) is 10.5. The van der Waals surface area contributed by atoms with E-state index in [0.717, 1.165) is 11.0 Å². The molecule has 2 rings (SSSR count). The monoisotopic (exact) mass is 247 g/mol. The second kappa shape index (κ2) is 5.18. The van der Waals surface area contributed by atoms with Crippen molar-refractivity contribution in [3.05, 3.63) is 30.1 Å². The summed E-state index contributed by atoms with van der Waals surface area (Å²) < 4.78 is 0. The molecule has 0 bridgehead atoms. The number of aromatic amines is 1. The number of nitrogens with zero attached hydrogens (tertiary/aromatic N) is 1. The molecule has 18 heavy (non-hydrogen) atoms. The van der Waals surface area contributed by atoms with Gasteiger partial charge in [0.05, 0.1) is 23.5 Å². The van der Waals surface area contributed by atoms with Gasteiger partial charge in [0.1, 0.15) is 0 Å². The molecule has 2 aromatic rings. The second-order valence-electron chi connectivity index (χ2n) is 4.66. The number of aliphatic hydroxyl groups excluding tert-OH is 1. The maximum Gasteiger partial charge on any atom is 0.251 e. The number of hydrogen-bond donors (Lipinski definition) is 3. The zero-order valence-corrected chi connectivity index (χ0v) is 10.5. The van der Waals surface area contributed by atoms with Gasteiger partial charge in [-0.1, -0.05) is 13.8 Å². The number of nitrogens with one attached hydrogen (secondary N) is 2. The normalized spacial score (nSPS) is 12.9. The van der Waals surface area contributed by atoms with E-state index in [2.05, 4.69) is 15.3 Å². The molecule has 0 aliphatic heterocycles. The van der Waals surface area contributed by atoms with E-state index >= 15 is 0 Å². The Labute approximate surface area is 105 Å². The number of imidazole rings is 1. The van der Waals surface area contributed by atoms with Crippen LogP contribution in [0.3, 0.4) is 0 Å². The van der Waals surface area contributed by atoms with Gasteiger partial charge in [-0.3, -0.25) is 4.79 Å². The van der Waals surface area contributed by atoms with Crippen molar-refractivity contribution >= 4 is 16.9 Å². The minimum Gasteiger partial charge on any atom is -0.391 e. The lowest BCUT2D eigenvalue weighted by Gasteiger charge is -2.14. The second-order valence-corrected chi connectivity index (χ2v) is 4.66. The van der Waals surface area contributed by atoms with Crippen molar-refractivity contribution in [1.29, 1.82) is 0 Å². The van der Waals surface area contributed by atoms with Crippen LogP contribution in [0.25, 0.3) is 11.0 Å². The zero-order chi connectivity index (χ0) is 13.1. The number of amides is 1. The smallest absolute Gasteiger partial charge is 0.251 e. The van der Waals surface area contributed by atoms with Gasteiger partial charge in [-0.2, -0.15) is 0 Å². The summed E-state index contributed by atoms with van der Waals surface area (Å²) in [5, 5.41) is 12.3. The van der Waals surface area contributed by atoms with Crippen LogP contribution in [0.4, 0.5) is 0 Å². The van der Waals surface area contributed by atoms with Gasteiger partial charge in [-0.05, 0) is 24.1 Å². The van der Waals surface area contributed by atoms with Crippen molar-refractivity contribution in [2.75, 3.05) is 6.54 Å². The van der Waals surface area contributed by atoms with Gasteiger partial charge in [0.2, 0.25) is 0 Å². The lowest BCUT2D eigenvalue weighted by molar-refractivity contribution is 0.0871. The lowest BCUT2D eigenvalue weighted by Crippen LogP contribution is -2.34. The van der Waals surface area contributed by atoms with Crippen LogP contribution in [0.5, 0.6) is 0 Å². The third-order valence-electron chi connectivity index (χ3n) is 2.92. The number of aromatic nitrogens is 2. The molecule has 0 fully saturated rings. The summed E-state index contributed by atoms with van der Waals surface area (Å²) in [5.74, 6) is -0.0633. The Morgan fingerprint density at radius 3 is 3.00 bits per heavy atom. The molecular weight excluding hydrogens is 230 g/mol. The molecule has 1 amide bonds. The molecule has 96 valence electrons. The summed E-state index contributed by atoms with van der Waals surface area (Å²) in [7, 11) is 0. The summed E-state index contributed by atoms with van der Waals surface area (Å²) in [6.45, 7) is 4.08. The molecule has 0 saturated heterocycles. The van der Waals surface area contributed by atoms with Gasteiger partial charge >= 0.3 is 0 Å². The highest BCUT2D eigenvalue weighted by molar-refractivity contribution is 5.97. The average Bonchev–Trinajstić information content (AvgIpc) is 2.82. The molecule has 1 aromatic heterocycles. The Bertz CT molecular complexity index is 548. The first kappa shape index (κ1) is 12.6. The summed E-state index contributed by atoms with van der Waals surface area (Å²) in [6, 6.07) is 5.26. The predicted octanol–water partition coefficient (Wildman–Crippen LogP) is 1.31. The highest BCUT2D eigenvalue weighted by Gasteiger charge is 2.12. The molecule has 1 aromatic carbocycles. The largest absolute Gasteiger partial charge is 0.391 e. The van der Waals surface area contributed by atoms with Gasteiger partial charge in [0.25, 0.3) is 5.91 Å². The standard InChI is InChI=1S/C13H17N3O2/c1-8(2)12(17)6-14-13(18)9-3-4-10-11(5-9)16-7-15-10/h3-5,7-8,12,17H,6H2,1-2H3,(H,14,18)(H,15,16). The summed E-state index contributed by atoms with van der Waals surface area (Å²) >= 11 is 0. The molecule has 0 aliphatic carbocycles. The molecule has 5 heteroatoms. The maximum atomic E-state index is 11.9. The van der Waals surface area contributed by atoms with E-state index in [4.69, 9.17) is 0 Å². The summed E-state index contributed by atoms with van der Waals surface area (Å²) in [5.41, 5.74) is 2.21. The van der Waals surface area contributed by atoms with Crippen LogP contribution >= 0.6 is 0 Å².